The molecule has 0 aliphatic carbocycles. The van der Waals surface area contributed by atoms with Crippen molar-refractivity contribution in [3.63, 3.8) is 0 Å². The molecular weight excluding hydrogens is 453 g/mol. The number of likely N-dealkylation sites (tertiary alicyclic amines) is 1. The van der Waals surface area contributed by atoms with Gasteiger partial charge < -0.3 is 15.2 Å². The zero-order chi connectivity index (χ0) is 24.9. The number of nitrogens with one attached hydrogen (secondary N) is 3. The van der Waals surface area contributed by atoms with Crippen LogP contribution in [-0.4, -0.2) is 43.8 Å². The summed E-state index contributed by atoms with van der Waals surface area (Å²) in [6, 6.07) is 16.5. The fourth-order valence-corrected chi connectivity index (χ4v) is 4.53. The van der Waals surface area contributed by atoms with Crippen molar-refractivity contribution in [1.29, 1.82) is 5.41 Å². The number of benzene rings is 1. The lowest BCUT2D eigenvalue weighted by molar-refractivity contribution is 0.399. The highest BCUT2D eigenvalue weighted by Crippen LogP contribution is 2.32. The van der Waals surface area contributed by atoms with Gasteiger partial charge in [0.15, 0.2) is 0 Å². The predicted molar refractivity (Wildman–Crippen MR) is 141 cm³/mol. The van der Waals surface area contributed by atoms with Gasteiger partial charge in [-0.05, 0) is 73.9 Å². The smallest absolute Gasteiger partial charge is 0.130 e. The largest absolute Gasteiger partial charge is 0.370 e. The van der Waals surface area contributed by atoms with Crippen LogP contribution in [0.1, 0.15) is 37.2 Å². The lowest BCUT2D eigenvalue weighted by atomic mass is 10.0. The molecule has 182 valence electrons. The van der Waals surface area contributed by atoms with E-state index in [4.69, 9.17) is 10.4 Å². The molecule has 0 saturated carbocycles. The molecule has 1 aromatic carbocycles. The Morgan fingerprint density at radius 1 is 1.17 bits per heavy atom. The average Bonchev–Trinajstić information content (AvgIpc) is 3.58. The van der Waals surface area contributed by atoms with Gasteiger partial charge in [-0.1, -0.05) is 18.2 Å². The SMILES string of the molecule is CCNc1cc(-c2cccc(-c3cnc(/C=C\C(=N)N4CCC[C@@H]4c4cccc(F)c4)[nH]3)n2)ccn1. The van der Waals surface area contributed by atoms with E-state index < -0.39 is 0 Å². The first-order valence-corrected chi connectivity index (χ1v) is 12.1. The van der Waals surface area contributed by atoms with Crippen LogP contribution < -0.4 is 5.32 Å². The molecule has 0 radical (unpaired) electrons. The van der Waals surface area contributed by atoms with Gasteiger partial charge in [0.1, 0.15) is 23.3 Å². The first kappa shape index (κ1) is 23.4. The molecule has 1 aliphatic heterocycles. The van der Waals surface area contributed by atoms with Crippen LogP contribution in [0.4, 0.5) is 10.2 Å². The van der Waals surface area contributed by atoms with Gasteiger partial charge in [-0.15, -0.1) is 0 Å². The maximum Gasteiger partial charge on any atom is 0.130 e. The summed E-state index contributed by atoms with van der Waals surface area (Å²) in [6.07, 6.45) is 8.93. The Hall–Kier alpha value is -4.33. The second-order valence-electron chi connectivity index (χ2n) is 8.68. The van der Waals surface area contributed by atoms with E-state index in [9.17, 15) is 4.39 Å². The van der Waals surface area contributed by atoms with Crippen LogP contribution in [0.15, 0.2) is 73.1 Å². The molecule has 1 atom stereocenters. The summed E-state index contributed by atoms with van der Waals surface area (Å²) in [4.78, 5) is 18.9. The van der Waals surface area contributed by atoms with Gasteiger partial charge in [-0.2, -0.15) is 0 Å². The summed E-state index contributed by atoms with van der Waals surface area (Å²) in [5.74, 6) is 1.59. The minimum absolute atomic E-state index is 0.0122. The first-order valence-electron chi connectivity index (χ1n) is 12.1. The van der Waals surface area contributed by atoms with Crippen LogP contribution in [0.3, 0.4) is 0 Å². The summed E-state index contributed by atoms with van der Waals surface area (Å²) >= 11 is 0. The molecule has 8 heteroatoms. The van der Waals surface area contributed by atoms with Crippen LogP contribution in [0.25, 0.3) is 28.7 Å². The van der Waals surface area contributed by atoms with Gasteiger partial charge >= 0.3 is 0 Å². The summed E-state index contributed by atoms with van der Waals surface area (Å²) < 4.78 is 13.7. The Balaban J connectivity index is 1.30. The molecule has 4 heterocycles. The van der Waals surface area contributed by atoms with Crippen LogP contribution in [0, 0.1) is 11.2 Å². The van der Waals surface area contributed by atoms with Gasteiger partial charge in [0.2, 0.25) is 0 Å². The molecule has 3 aromatic heterocycles. The van der Waals surface area contributed by atoms with Gasteiger partial charge in [-0.25, -0.2) is 19.3 Å². The maximum atomic E-state index is 13.7. The number of pyridine rings is 2. The molecule has 0 bridgehead atoms. The molecule has 1 fully saturated rings. The quantitative estimate of drug-likeness (QED) is 0.225. The standard InChI is InChI=1S/C28H28FN7/c1-2-31-28-17-19(13-14-32-28)22-8-4-9-23(34-22)24-18-33-27(35-24)12-11-26(30)36-15-5-10-25(36)20-6-3-7-21(29)16-20/h3-4,6-9,11-14,16-18,25,30H,2,5,10,15H2,1H3,(H,31,32)(H,33,35)/b12-11-,30-26?/t25-/m1/s1. The molecule has 3 N–H and O–H groups in total. The summed E-state index contributed by atoms with van der Waals surface area (Å²) in [7, 11) is 0. The number of amidine groups is 1. The van der Waals surface area contributed by atoms with Crippen molar-refractivity contribution in [2.75, 3.05) is 18.4 Å². The Labute approximate surface area is 209 Å². The van der Waals surface area contributed by atoms with Gasteiger partial charge in [0.05, 0.1) is 29.3 Å². The number of H-pyrrole nitrogens is 1. The van der Waals surface area contributed by atoms with Gasteiger partial charge in [-0.3, -0.25) is 5.41 Å². The third kappa shape index (κ3) is 5.17. The van der Waals surface area contributed by atoms with Crippen molar-refractivity contribution in [2.45, 2.75) is 25.8 Å². The van der Waals surface area contributed by atoms with E-state index in [0.717, 1.165) is 60.0 Å². The van der Waals surface area contributed by atoms with E-state index in [1.54, 1.807) is 36.7 Å². The molecule has 7 nitrogen and oxygen atoms in total. The van der Waals surface area contributed by atoms with E-state index in [-0.39, 0.29) is 11.9 Å². The third-order valence-corrected chi connectivity index (χ3v) is 6.23. The zero-order valence-corrected chi connectivity index (χ0v) is 20.1. The van der Waals surface area contributed by atoms with Gasteiger partial charge in [0, 0.05) is 24.8 Å². The van der Waals surface area contributed by atoms with Crippen molar-refractivity contribution >= 4 is 17.7 Å². The molecule has 1 aliphatic rings. The van der Waals surface area contributed by atoms with Crippen molar-refractivity contribution < 1.29 is 4.39 Å². The van der Waals surface area contributed by atoms with Crippen molar-refractivity contribution in [3.8, 4) is 22.6 Å². The van der Waals surface area contributed by atoms with Crippen LogP contribution in [0.5, 0.6) is 0 Å². The molecule has 0 unspecified atom stereocenters. The van der Waals surface area contributed by atoms with E-state index in [2.05, 4.69) is 20.3 Å². The summed E-state index contributed by atoms with van der Waals surface area (Å²) in [6.45, 7) is 3.61. The zero-order valence-electron chi connectivity index (χ0n) is 20.1. The second-order valence-corrected chi connectivity index (χ2v) is 8.68. The van der Waals surface area contributed by atoms with Crippen LogP contribution in [0.2, 0.25) is 0 Å². The lowest BCUT2D eigenvalue weighted by Crippen LogP contribution is -2.28. The van der Waals surface area contributed by atoms with Crippen molar-refractivity contribution in [2.24, 2.45) is 0 Å². The maximum absolute atomic E-state index is 13.7. The summed E-state index contributed by atoms with van der Waals surface area (Å²) in [5.41, 5.74) is 4.31. The van der Waals surface area contributed by atoms with E-state index in [1.807, 2.05) is 48.2 Å². The molecule has 0 spiro atoms. The fourth-order valence-electron chi connectivity index (χ4n) is 4.53. The number of aromatic nitrogens is 4. The molecular formula is C28H28FN7. The Bertz CT molecular complexity index is 1390. The first-order chi connectivity index (χ1) is 17.6. The van der Waals surface area contributed by atoms with Crippen molar-refractivity contribution in [1.82, 2.24) is 24.8 Å². The van der Waals surface area contributed by atoms with E-state index >= 15 is 0 Å². The minimum Gasteiger partial charge on any atom is -0.370 e. The molecule has 36 heavy (non-hydrogen) atoms. The highest BCUT2D eigenvalue weighted by molar-refractivity contribution is 5.94. The number of imidazole rings is 1. The molecule has 4 aromatic rings. The van der Waals surface area contributed by atoms with Crippen molar-refractivity contribution in [3.05, 3.63) is 90.3 Å². The Morgan fingerprint density at radius 2 is 2.03 bits per heavy atom. The second kappa shape index (κ2) is 10.5. The monoisotopic (exact) mass is 481 g/mol. The molecule has 1 saturated heterocycles. The number of anilines is 1. The third-order valence-electron chi connectivity index (χ3n) is 6.23. The molecule has 0 amide bonds. The fraction of sp³-hybridized carbons (Fsp3) is 0.214. The van der Waals surface area contributed by atoms with Crippen LogP contribution >= 0.6 is 0 Å². The Kier molecular flexibility index (Phi) is 6.84. The minimum atomic E-state index is -0.246. The van der Waals surface area contributed by atoms with Crippen LogP contribution in [-0.2, 0) is 0 Å². The van der Waals surface area contributed by atoms with Gasteiger partial charge in [0.25, 0.3) is 0 Å². The molecule has 5 rings (SSSR count). The number of halogens is 1. The number of nitrogens with zero attached hydrogens (tertiary/aromatic N) is 4. The highest BCUT2D eigenvalue weighted by atomic mass is 19.1. The van der Waals surface area contributed by atoms with E-state index in [0.29, 0.717) is 11.7 Å². The van der Waals surface area contributed by atoms with E-state index in [1.165, 1.54) is 6.07 Å². The number of hydrogen-bond donors (Lipinski definition) is 3. The average molecular weight is 482 g/mol. The summed E-state index contributed by atoms with van der Waals surface area (Å²) in [5, 5.41) is 11.8. The number of aromatic amines is 1. The number of rotatable bonds is 7. The number of hydrogen-bond acceptors (Lipinski definition) is 5. The highest BCUT2D eigenvalue weighted by Gasteiger charge is 2.27. The predicted octanol–water partition coefficient (Wildman–Crippen LogP) is 5.93. The Morgan fingerprint density at radius 3 is 2.89 bits per heavy atom. The topological polar surface area (TPSA) is 93.6 Å². The lowest BCUT2D eigenvalue weighted by Gasteiger charge is -2.26. The normalized spacial score (nSPS) is 15.5.